The minimum Gasteiger partial charge on any atom is -0.353 e. The number of amides is 1. The number of nitrogens with two attached hydrogens (primary N) is 1. The average Bonchev–Trinajstić information content (AvgIpc) is 3.15. The minimum atomic E-state index is -0.104. The van der Waals surface area contributed by atoms with Gasteiger partial charge in [-0.1, -0.05) is 6.07 Å². The number of nitrogens with one attached hydrogen (secondary N) is 1. The maximum Gasteiger partial charge on any atom is 0.227 e. The summed E-state index contributed by atoms with van der Waals surface area (Å²) in [6.07, 6.45) is 7.37. The van der Waals surface area contributed by atoms with Gasteiger partial charge in [-0.15, -0.1) is 0 Å². The van der Waals surface area contributed by atoms with E-state index in [4.69, 9.17) is 5.73 Å². The van der Waals surface area contributed by atoms with Gasteiger partial charge in [0.15, 0.2) is 0 Å². The zero-order valence-electron chi connectivity index (χ0n) is 9.93. The molecule has 1 atom stereocenters. The first-order valence-corrected chi connectivity index (χ1v) is 6.21. The second kappa shape index (κ2) is 5.77. The molecular weight excluding hydrogens is 214 g/mol. The predicted octanol–water partition coefficient (Wildman–Crippen LogP) is 1.18. The van der Waals surface area contributed by atoms with Crippen LogP contribution in [0.15, 0.2) is 24.5 Å². The molecule has 0 aliphatic heterocycles. The highest BCUT2D eigenvalue weighted by molar-refractivity contribution is 5.84. The fraction of sp³-hybridized carbons (Fsp3) is 0.538. The summed E-state index contributed by atoms with van der Waals surface area (Å²) in [4.78, 5) is 16.2. The first kappa shape index (κ1) is 12.0. The van der Waals surface area contributed by atoms with E-state index >= 15 is 0 Å². The molecule has 17 heavy (non-hydrogen) atoms. The molecular formula is C13H19N3O. The predicted molar refractivity (Wildman–Crippen MR) is 66.4 cm³/mol. The third-order valence-electron chi connectivity index (χ3n) is 3.02. The van der Waals surface area contributed by atoms with Crippen molar-refractivity contribution in [1.82, 2.24) is 10.3 Å². The maximum absolute atomic E-state index is 12.1. The number of pyridine rings is 1. The van der Waals surface area contributed by atoms with Crippen LogP contribution < -0.4 is 11.1 Å². The standard InChI is InChI=1S/C13H19N3O/c14-7-1-4-12(10-3-2-8-15-9-10)13(17)16-11-5-6-11/h2-3,8-9,11-12H,1,4-7,14H2,(H,16,17). The average molecular weight is 233 g/mol. The van der Waals surface area contributed by atoms with Crippen LogP contribution in [0.3, 0.4) is 0 Å². The van der Waals surface area contributed by atoms with Gasteiger partial charge in [-0.3, -0.25) is 9.78 Å². The van der Waals surface area contributed by atoms with Gasteiger partial charge in [0.25, 0.3) is 0 Å². The number of hydrogen-bond donors (Lipinski definition) is 2. The van der Waals surface area contributed by atoms with Gasteiger partial charge in [-0.25, -0.2) is 0 Å². The molecule has 0 spiro atoms. The number of hydrogen-bond acceptors (Lipinski definition) is 3. The topological polar surface area (TPSA) is 68.0 Å². The first-order chi connectivity index (χ1) is 8.31. The van der Waals surface area contributed by atoms with Crippen molar-refractivity contribution < 1.29 is 4.79 Å². The van der Waals surface area contributed by atoms with E-state index in [9.17, 15) is 4.79 Å². The molecule has 92 valence electrons. The molecule has 1 aliphatic carbocycles. The van der Waals surface area contributed by atoms with E-state index in [1.165, 1.54) is 0 Å². The summed E-state index contributed by atoms with van der Waals surface area (Å²) in [7, 11) is 0. The van der Waals surface area contributed by atoms with Crippen LogP contribution in [0.2, 0.25) is 0 Å². The van der Waals surface area contributed by atoms with Crippen LogP contribution in [0.5, 0.6) is 0 Å². The second-order valence-electron chi connectivity index (χ2n) is 4.55. The van der Waals surface area contributed by atoms with Crippen molar-refractivity contribution in [3.8, 4) is 0 Å². The van der Waals surface area contributed by atoms with Crippen molar-refractivity contribution in [2.24, 2.45) is 5.73 Å². The Bertz CT molecular complexity index is 362. The zero-order chi connectivity index (χ0) is 12.1. The molecule has 0 radical (unpaired) electrons. The molecule has 1 saturated carbocycles. The second-order valence-corrected chi connectivity index (χ2v) is 4.55. The summed E-state index contributed by atoms with van der Waals surface area (Å²) in [5, 5.41) is 3.05. The molecule has 1 fully saturated rings. The highest BCUT2D eigenvalue weighted by Crippen LogP contribution is 2.24. The Morgan fingerprint density at radius 2 is 2.41 bits per heavy atom. The van der Waals surface area contributed by atoms with Gasteiger partial charge in [0.05, 0.1) is 5.92 Å². The SMILES string of the molecule is NCCCC(C(=O)NC1CC1)c1cccnc1. The van der Waals surface area contributed by atoms with E-state index in [1.54, 1.807) is 12.4 Å². The summed E-state index contributed by atoms with van der Waals surface area (Å²) >= 11 is 0. The third kappa shape index (κ3) is 3.53. The highest BCUT2D eigenvalue weighted by atomic mass is 16.2. The van der Waals surface area contributed by atoms with Gasteiger partial charge >= 0.3 is 0 Å². The van der Waals surface area contributed by atoms with Crippen LogP contribution in [-0.2, 0) is 4.79 Å². The molecule has 1 heterocycles. The molecule has 4 heteroatoms. The summed E-state index contributed by atoms with van der Waals surface area (Å²) in [6.45, 7) is 0.619. The summed E-state index contributed by atoms with van der Waals surface area (Å²) in [5.74, 6) is 0.0156. The Labute approximate surface area is 102 Å². The Kier molecular flexibility index (Phi) is 4.09. The molecule has 1 aliphatic rings. The van der Waals surface area contributed by atoms with Crippen molar-refractivity contribution in [1.29, 1.82) is 0 Å². The van der Waals surface area contributed by atoms with Crippen LogP contribution in [-0.4, -0.2) is 23.5 Å². The lowest BCUT2D eigenvalue weighted by Crippen LogP contribution is -2.31. The van der Waals surface area contributed by atoms with Crippen molar-refractivity contribution in [2.45, 2.75) is 37.6 Å². The number of rotatable bonds is 6. The molecule has 1 unspecified atom stereocenters. The molecule has 1 aromatic rings. The van der Waals surface area contributed by atoms with Gasteiger partial charge in [0.2, 0.25) is 5.91 Å². The maximum atomic E-state index is 12.1. The van der Waals surface area contributed by atoms with E-state index in [0.717, 1.165) is 31.2 Å². The Morgan fingerprint density at radius 3 is 3.00 bits per heavy atom. The first-order valence-electron chi connectivity index (χ1n) is 6.21. The van der Waals surface area contributed by atoms with Crippen LogP contribution in [0, 0.1) is 0 Å². The normalized spacial score (nSPS) is 16.5. The van der Waals surface area contributed by atoms with Crippen molar-refractivity contribution in [2.75, 3.05) is 6.54 Å². The van der Waals surface area contributed by atoms with Gasteiger partial charge in [-0.2, -0.15) is 0 Å². The van der Waals surface area contributed by atoms with Gasteiger partial charge in [-0.05, 0) is 43.9 Å². The quantitative estimate of drug-likeness (QED) is 0.775. The van der Waals surface area contributed by atoms with E-state index < -0.39 is 0 Å². The van der Waals surface area contributed by atoms with E-state index in [-0.39, 0.29) is 11.8 Å². The van der Waals surface area contributed by atoms with E-state index in [1.807, 2.05) is 12.1 Å². The Morgan fingerprint density at radius 1 is 1.59 bits per heavy atom. The molecule has 1 amide bonds. The minimum absolute atomic E-state index is 0.104. The van der Waals surface area contributed by atoms with E-state index in [0.29, 0.717) is 12.6 Å². The highest BCUT2D eigenvalue weighted by Gasteiger charge is 2.28. The van der Waals surface area contributed by atoms with Crippen molar-refractivity contribution in [3.05, 3.63) is 30.1 Å². The fourth-order valence-corrected chi connectivity index (χ4v) is 1.88. The largest absolute Gasteiger partial charge is 0.353 e. The molecule has 2 rings (SSSR count). The molecule has 4 nitrogen and oxygen atoms in total. The lowest BCUT2D eigenvalue weighted by Gasteiger charge is -2.16. The molecule has 0 saturated heterocycles. The third-order valence-corrected chi connectivity index (χ3v) is 3.02. The number of aromatic nitrogens is 1. The molecule has 0 aromatic carbocycles. The van der Waals surface area contributed by atoms with Crippen LogP contribution in [0.4, 0.5) is 0 Å². The van der Waals surface area contributed by atoms with Gasteiger partial charge in [0.1, 0.15) is 0 Å². The van der Waals surface area contributed by atoms with E-state index in [2.05, 4.69) is 10.3 Å². The lowest BCUT2D eigenvalue weighted by molar-refractivity contribution is -0.122. The van der Waals surface area contributed by atoms with Crippen molar-refractivity contribution in [3.63, 3.8) is 0 Å². The molecule has 1 aromatic heterocycles. The lowest BCUT2D eigenvalue weighted by atomic mass is 9.94. The van der Waals surface area contributed by atoms with Crippen LogP contribution in [0.1, 0.15) is 37.2 Å². The van der Waals surface area contributed by atoms with Crippen LogP contribution in [0.25, 0.3) is 0 Å². The summed E-state index contributed by atoms with van der Waals surface area (Å²) < 4.78 is 0. The smallest absolute Gasteiger partial charge is 0.227 e. The summed E-state index contributed by atoms with van der Waals surface area (Å²) in [6, 6.07) is 4.23. The number of nitrogens with zero attached hydrogens (tertiary/aromatic N) is 1. The van der Waals surface area contributed by atoms with Gasteiger partial charge < -0.3 is 11.1 Å². The monoisotopic (exact) mass is 233 g/mol. The van der Waals surface area contributed by atoms with Crippen molar-refractivity contribution >= 4 is 5.91 Å². The number of carbonyl (C=O) groups is 1. The Balaban J connectivity index is 2.03. The summed E-state index contributed by atoms with van der Waals surface area (Å²) in [5.41, 5.74) is 6.51. The number of carbonyl (C=O) groups excluding carboxylic acids is 1. The van der Waals surface area contributed by atoms with Crippen LogP contribution >= 0.6 is 0 Å². The Hall–Kier alpha value is -1.42. The zero-order valence-corrected chi connectivity index (χ0v) is 9.93. The molecule has 3 N–H and O–H groups in total. The fourth-order valence-electron chi connectivity index (χ4n) is 1.88. The molecule has 0 bridgehead atoms. The van der Waals surface area contributed by atoms with Gasteiger partial charge in [0, 0.05) is 18.4 Å².